The molecule has 18 heavy (non-hydrogen) atoms. The minimum Gasteiger partial charge on any atom is -0.383 e. The lowest BCUT2D eigenvalue weighted by Crippen LogP contribution is -2.29. The molecule has 96 valence electrons. The van der Waals surface area contributed by atoms with Crippen molar-refractivity contribution in [3.8, 4) is 11.8 Å². The molecular weight excluding hydrogens is 224 g/mol. The zero-order chi connectivity index (χ0) is 13.1. The lowest BCUT2D eigenvalue weighted by atomic mass is 9.97. The fourth-order valence-corrected chi connectivity index (χ4v) is 2.22. The number of aryl methyl sites for hydroxylation is 2. The number of hydrogen-bond acceptors (Lipinski definition) is 4. The van der Waals surface area contributed by atoms with E-state index in [1.165, 1.54) is 0 Å². The van der Waals surface area contributed by atoms with Gasteiger partial charge in [0.15, 0.2) is 0 Å². The monoisotopic (exact) mass is 244 g/mol. The quantitative estimate of drug-likeness (QED) is 0.700. The molecule has 0 atom stereocenters. The average molecular weight is 244 g/mol. The molecule has 0 spiro atoms. The van der Waals surface area contributed by atoms with Crippen LogP contribution in [0.5, 0.6) is 0 Å². The maximum atomic E-state index is 5.90. The molecule has 0 aliphatic carbocycles. The summed E-state index contributed by atoms with van der Waals surface area (Å²) in [4.78, 5) is 10.8. The normalized spacial score (nSPS) is 17.3. The molecule has 2 N–H and O–H groups in total. The number of likely N-dealkylation sites (tertiary alicyclic amines) is 1. The van der Waals surface area contributed by atoms with E-state index in [4.69, 9.17) is 5.73 Å². The van der Waals surface area contributed by atoms with Crippen molar-refractivity contribution in [3.63, 3.8) is 0 Å². The molecule has 1 fully saturated rings. The summed E-state index contributed by atoms with van der Waals surface area (Å²) in [6, 6.07) is 0. The van der Waals surface area contributed by atoms with Gasteiger partial charge in [-0.1, -0.05) is 11.8 Å². The van der Waals surface area contributed by atoms with Crippen LogP contribution >= 0.6 is 0 Å². The van der Waals surface area contributed by atoms with E-state index in [-0.39, 0.29) is 0 Å². The van der Waals surface area contributed by atoms with E-state index in [0.717, 1.165) is 37.2 Å². The highest BCUT2D eigenvalue weighted by molar-refractivity contribution is 5.53. The number of piperidine rings is 1. The third kappa shape index (κ3) is 2.99. The molecular formula is C14H20N4. The number of rotatable bonds is 0. The molecule has 1 aliphatic heterocycles. The van der Waals surface area contributed by atoms with E-state index in [2.05, 4.69) is 33.8 Å². The molecule has 0 saturated carbocycles. The van der Waals surface area contributed by atoms with Gasteiger partial charge in [-0.2, -0.15) is 0 Å². The van der Waals surface area contributed by atoms with E-state index in [1.807, 2.05) is 13.8 Å². The van der Waals surface area contributed by atoms with Crippen LogP contribution in [0.3, 0.4) is 0 Å². The van der Waals surface area contributed by atoms with E-state index in [0.29, 0.717) is 17.6 Å². The van der Waals surface area contributed by atoms with Crippen molar-refractivity contribution in [2.24, 2.45) is 5.92 Å². The van der Waals surface area contributed by atoms with Crippen LogP contribution in [0.4, 0.5) is 5.82 Å². The topological polar surface area (TPSA) is 55.0 Å². The summed E-state index contributed by atoms with van der Waals surface area (Å²) < 4.78 is 0. The second-order valence-corrected chi connectivity index (χ2v) is 4.96. The van der Waals surface area contributed by atoms with Crippen LogP contribution in [-0.4, -0.2) is 35.0 Å². The standard InChI is InChI=1S/C14H20N4/c1-10-13(14(15)17-11(2)16-10)5-4-12-6-8-18(3)9-7-12/h12H,6-9H2,1-3H3,(H2,15,16,17). The molecule has 1 aromatic rings. The van der Waals surface area contributed by atoms with E-state index < -0.39 is 0 Å². The molecule has 4 heteroatoms. The summed E-state index contributed by atoms with van der Waals surface area (Å²) in [7, 11) is 2.15. The Bertz CT molecular complexity index is 467. The molecule has 0 radical (unpaired) electrons. The van der Waals surface area contributed by atoms with Crippen LogP contribution < -0.4 is 5.73 Å². The van der Waals surface area contributed by atoms with Gasteiger partial charge < -0.3 is 10.6 Å². The zero-order valence-corrected chi connectivity index (χ0v) is 11.3. The third-order valence-corrected chi connectivity index (χ3v) is 3.35. The molecule has 1 saturated heterocycles. The van der Waals surface area contributed by atoms with Crippen LogP contribution in [0, 0.1) is 31.6 Å². The maximum absolute atomic E-state index is 5.90. The lowest BCUT2D eigenvalue weighted by Gasteiger charge is -2.25. The Labute approximate surface area is 109 Å². The predicted octanol–water partition coefficient (Wildman–Crippen LogP) is 1.37. The predicted molar refractivity (Wildman–Crippen MR) is 73.0 cm³/mol. The largest absolute Gasteiger partial charge is 0.383 e. The van der Waals surface area contributed by atoms with E-state index >= 15 is 0 Å². The van der Waals surface area contributed by atoms with Gasteiger partial charge in [0.25, 0.3) is 0 Å². The highest BCUT2D eigenvalue weighted by Crippen LogP contribution is 2.16. The smallest absolute Gasteiger partial charge is 0.143 e. The summed E-state index contributed by atoms with van der Waals surface area (Å²) >= 11 is 0. The van der Waals surface area contributed by atoms with Crippen molar-refractivity contribution in [3.05, 3.63) is 17.1 Å². The minimum atomic E-state index is 0.473. The van der Waals surface area contributed by atoms with Gasteiger partial charge in [-0.05, 0) is 46.8 Å². The Morgan fingerprint density at radius 2 is 1.89 bits per heavy atom. The second kappa shape index (κ2) is 5.36. The molecule has 0 bridgehead atoms. The lowest BCUT2D eigenvalue weighted by molar-refractivity contribution is 0.248. The molecule has 0 amide bonds. The van der Waals surface area contributed by atoms with Gasteiger partial charge in [0.1, 0.15) is 11.6 Å². The van der Waals surface area contributed by atoms with Gasteiger partial charge in [-0.3, -0.25) is 0 Å². The van der Waals surface area contributed by atoms with E-state index in [9.17, 15) is 0 Å². The third-order valence-electron chi connectivity index (χ3n) is 3.35. The summed E-state index contributed by atoms with van der Waals surface area (Å²) in [5.41, 5.74) is 7.56. The van der Waals surface area contributed by atoms with Gasteiger partial charge in [0.2, 0.25) is 0 Å². The van der Waals surface area contributed by atoms with Crippen LogP contribution in [0.15, 0.2) is 0 Å². The van der Waals surface area contributed by atoms with Gasteiger partial charge in [0, 0.05) is 5.92 Å². The number of hydrogen-bond donors (Lipinski definition) is 1. The van der Waals surface area contributed by atoms with Gasteiger partial charge in [-0.15, -0.1) is 0 Å². The molecule has 1 aliphatic rings. The Morgan fingerprint density at radius 3 is 2.50 bits per heavy atom. The van der Waals surface area contributed by atoms with Crippen molar-refractivity contribution >= 4 is 5.82 Å². The van der Waals surface area contributed by atoms with Crippen LogP contribution in [0.2, 0.25) is 0 Å². The van der Waals surface area contributed by atoms with Crippen LogP contribution in [0.25, 0.3) is 0 Å². The Hall–Kier alpha value is -1.60. The van der Waals surface area contributed by atoms with Gasteiger partial charge >= 0.3 is 0 Å². The zero-order valence-electron chi connectivity index (χ0n) is 11.3. The van der Waals surface area contributed by atoms with Crippen molar-refractivity contribution in [2.45, 2.75) is 26.7 Å². The number of nitrogens with zero attached hydrogens (tertiary/aromatic N) is 3. The van der Waals surface area contributed by atoms with Crippen molar-refractivity contribution in [1.82, 2.24) is 14.9 Å². The first kappa shape index (κ1) is 12.8. The first-order valence-electron chi connectivity index (χ1n) is 6.37. The summed E-state index contributed by atoms with van der Waals surface area (Å²) in [6.07, 6.45) is 2.27. The number of nitrogen functional groups attached to an aromatic ring is 1. The highest BCUT2D eigenvalue weighted by atomic mass is 15.1. The summed E-state index contributed by atoms with van der Waals surface area (Å²) in [5.74, 6) is 8.17. The first-order valence-corrected chi connectivity index (χ1v) is 6.37. The van der Waals surface area contributed by atoms with Gasteiger partial charge in [-0.25, -0.2) is 9.97 Å². The number of aromatic nitrogens is 2. The summed E-state index contributed by atoms with van der Waals surface area (Å²) in [5, 5.41) is 0. The molecule has 0 unspecified atom stereocenters. The molecule has 4 nitrogen and oxygen atoms in total. The van der Waals surface area contributed by atoms with Crippen molar-refractivity contribution in [1.29, 1.82) is 0 Å². The average Bonchev–Trinajstić information content (AvgIpc) is 2.30. The van der Waals surface area contributed by atoms with Crippen molar-refractivity contribution in [2.75, 3.05) is 25.9 Å². The van der Waals surface area contributed by atoms with Crippen molar-refractivity contribution < 1.29 is 0 Å². The molecule has 1 aromatic heterocycles. The SMILES string of the molecule is Cc1nc(C)c(C#CC2CCN(C)CC2)c(N)n1. The Morgan fingerprint density at radius 1 is 1.22 bits per heavy atom. The van der Waals surface area contributed by atoms with Crippen LogP contribution in [-0.2, 0) is 0 Å². The second-order valence-electron chi connectivity index (χ2n) is 4.96. The number of nitrogens with two attached hydrogens (primary N) is 1. The Balaban J connectivity index is 2.15. The van der Waals surface area contributed by atoms with Crippen LogP contribution in [0.1, 0.15) is 29.9 Å². The Kier molecular flexibility index (Phi) is 3.83. The molecule has 2 heterocycles. The fraction of sp³-hybridized carbons (Fsp3) is 0.571. The maximum Gasteiger partial charge on any atom is 0.143 e. The van der Waals surface area contributed by atoms with E-state index in [1.54, 1.807) is 0 Å². The van der Waals surface area contributed by atoms with Gasteiger partial charge in [0.05, 0.1) is 11.3 Å². The first-order chi connectivity index (χ1) is 8.56. The fourth-order valence-electron chi connectivity index (χ4n) is 2.22. The number of anilines is 1. The minimum absolute atomic E-state index is 0.473. The molecule has 2 rings (SSSR count). The molecule has 0 aromatic carbocycles. The summed E-state index contributed by atoms with van der Waals surface area (Å²) in [6.45, 7) is 6.03. The highest BCUT2D eigenvalue weighted by Gasteiger charge is 2.14.